The molecule has 3 aromatic heterocycles. The van der Waals surface area contributed by atoms with Gasteiger partial charge in [-0.2, -0.15) is 5.10 Å². The van der Waals surface area contributed by atoms with Gasteiger partial charge < -0.3 is 19.9 Å². The number of anilines is 1. The van der Waals surface area contributed by atoms with Crippen molar-refractivity contribution in [3.63, 3.8) is 0 Å². The maximum Gasteiger partial charge on any atom is 0.225 e. The van der Waals surface area contributed by atoms with Crippen molar-refractivity contribution in [3.05, 3.63) is 36.0 Å². The summed E-state index contributed by atoms with van der Waals surface area (Å²) in [6.45, 7) is 2.94. The van der Waals surface area contributed by atoms with E-state index < -0.39 is 0 Å². The van der Waals surface area contributed by atoms with Crippen LogP contribution >= 0.6 is 0 Å². The number of imidazole rings is 1. The standard InChI is InChI=1S/C21H27N7O2/c29-19(12-15-2-1-11-30-15)28-9-5-14(6-10-28)17-4-3-16-20(26-27-21(16)25-17)24-13-18-22-7-8-23-18/h3-4,7-8,14-15H,1-2,5-6,9-13H2,(H,22,23)(H2,24,25,26,27)/t15-/m0/s1. The summed E-state index contributed by atoms with van der Waals surface area (Å²) in [6.07, 6.45) is 8.13. The topological polar surface area (TPSA) is 112 Å². The minimum atomic E-state index is 0.121. The summed E-state index contributed by atoms with van der Waals surface area (Å²) in [5, 5.41) is 11.6. The van der Waals surface area contributed by atoms with Crippen molar-refractivity contribution in [3.8, 4) is 0 Å². The molecule has 9 nitrogen and oxygen atoms in total. The first-order valence-electron chi connectivity index (χ1n) is 10.7. The minimum absolute atomic E-state index is 0.121. The van der Waals surface area contributed by atoms with E-state index in [0.717, 1.165) is 73.7 Å². The first-order chi connectivity index (χ1) is 14.8. The summed E-state index contributed by atoms with van der Waals surface area (Å²) in [4.78, 5) is 26.6. The lowest BCUT2D eigenvalue weighted by molar-refractivity contribution is -0.134. The number of carbonyl (C=O) groups is 1. The Kier molecular flexibility index (Phi) is 5.35. The molecule has 30 heavy (non-hydrogen) atoms. The number of nitrogens with one attached hydrogen (secondary N) is 3. The molecule has 0 saturated carbocycles. The van der Waals surface area contributed by atoms with E-state index in [-0.39, 0.29) is 12.0 Å². The Morgan fingerprint density at radius 3 is 2.93 bits per heavy atom. The summed E-state index contributed by atoms with van der Waals surface area (Å²) in [5.41, 5.74) is 1.85. The second-order valence-corrected chi connectivity index (χ2v) is 8.09. The van der Waals surface area contributed by atoms with Gasteiger partial charge in [-0.25, -0.2) is 9.97 Å². The van der Waals surface area contributed by atoms with Crippen molar-refractivity contribution < 1.29 is 9.53 Å². The van der Waals surface area contributed by atoms with E-state index >= 15 is 0 Å². The Hall–Kier alpha value is -2.94. The van der Waals surface area contributed by atoms with Crippen molar-refractivity contribution in [2.24, 2.45) is 0 Å². The van der Waals surface area contributed by atoms with E-state index in [2.05, 4.69) is 37.6 Å². The quantitative estimate of drug-likeness (QED) is 0.577. The van der Waals surface area contributed by atoms with Crippen LogP contribution in [0.3, 0.4) is 0 Å². The largest absolute Gasteiger partial charge is 0.378 e. The summed E-state index contributed by atoms with van der Waals surface area (Å²) in [5.74, 6) is 2.22. The van der Waals surface area contributed by atoms with Gasteiger partial charge in [0.15, 0.2) is 11.5 Å². The molecule has 3 aromatic rings. The fraction of sp³-hybridized carbons (Fsp3) is 0.524. The first-order valence-corrected chi connectivity index (χ1v) is 10.7. The molecule has 158 valence electrons. The number of piperidine rings is 1. The Bertz CT molecular complexity index is 986. The van der Waals surface area contributed by atoms with E-state index in [1.807, 2.05) is 4.90 Å². The Morgan fingerprint density at radius 1 is 1.27 bits per heavy atom. The van der Waals surface area contributed by atoms with Gasteiger partial charge in [0.2, 0.25) is 5.91 Å². The summed E-state index contributed by atoms with van der Waals surface area (Å²) in [7, 11) is 0. The SMILES string of the molecule is O=C(C[C@@H]1CCCO1)N1CCC(c2ccc3c(NCc4ncc[nH]4)n[nH]c3n2)CC1. The van der Waals surface area contributed by atoms with Gasteiger partial charge in [0.1, 0.15) is 5.82 Å². The predicted molar refractivity (Wildman–Crippen MR) is 112 cm³/mol. The number of aromatic nitrogens is 5. The highest BCUT2D eigenvalue weighted by molar-refractivity contribution is 5.87. The monoisotopic (exact) mass is 409 g/mol. The van der Waals surface area contributed by atoms with Crippen molar-refractivity contribution in [2.45, 2.75) is 50.7 Å². The molecule has 2 saturated heterocycles. The second-order valence-electron chi connectivity index (χ2n) is 8.09. The van der Waals surface area contributed by atoms with Crippen LogP contribution in [0.5, 0.6) is 0 Å². The summed E-state index contributed by atoms with van der Waals surface area (Å²) >= 11 is 0. The molecule has 2 fully saturated rings. The van der Waals surface area contributed by atoms with Crippen molar-refractivity contribution in [1.29, 1.82) is 0 Å². The van der Waals surface area contributed by atoms with Gasteiger partial charge in [-0.1, -0.05) is 0 Å². The van der Waals surface area contributed by atoms with E-state index in [1.54, 1.807) is 12.4 Å². The summed E-state index contributed by atoms with van der Waals surface area (Å²) < 4.78 is 5.61. The van der Waals surface area contributed by atoms with Crippen LogP contribution < -0.4 is 5.32 Å². The van der Waals surface area contributed by atoms with Crippen LogP contribution in [-0.2, 0) is 16.1 Å². The molecule has 5 rings (SSSR count). The maximum absolute atomic E-state index is 12.5. The Labute approximate surface area is 174 Å². The molecular weight excluding hydrogens is 382 g/mol. The average Bonchev–Trinajstić information content (AvgIpc) is 3.54. The number of nitrogens with zero attached hydrogens (tertiary/aromatic N) is 4. The number of pyridine rings is 1. The molecule has 3 N–H and O–H groups in total. The molecule has 0 aromatic carbocycles. The molecule has 5 heterocycles. The van der Waals surface area contributed by atoms with Gasteiger partial charge >= 0.3 is 0 Å². The van der Waals surface area contributed by atoms with Crippen molar-refractivity contribution in [1.82, 2.24) is 30.0 Å². The molecule has 0 unspecified atom stereocenters. The van der Waals surface area contributed by atoms with Crippen LogP contribution in [0.4, 0.5) is 5.82 Å². The molecule has 2 aliphatic heterocycles. The smallest absolute Gasteiger partial charge is 0.225 e. The molecule has 1 atom stereocenters. The molecular formula is C21H27N7O2. The third kappa shape index (κ3) is 4.02. The zero-order chi connectivity index (χ0) is 20.3. The number of carbonyl (C=O) groups excluding carboxylic acids is 1. The van der Waals surface area contributed by atoms with E-state index in [1.165, 1.54) is 0 Å². The molecule has 9 heteroatoms. The highest BCUT2D eigenvalue weighted by atomic mass is 16.5. The Morgan fingerprint density at radius 2 is 2.17 bits per heavy atom. The van der Waals surface area contributed by atoms with Gasteiger partial charge in [0, 0.05) is 43.7 Å². The Balaban J connectivity index is 1.19. The van der Waals surface area contributed by atoms with Crippen LogP contribution in [0.25, 0.3) is 11.0 Å². The third-order valence-electron chi connectivity index (χ3n) is 6.12. The third-order valence-corrected chi connectivity index (χ3v) is 6.12. The lowest BCUT2D eigenvalue weighted by Gasteiger charge is -2.32. The highest BCUT2D eigenvalue weighted by Gasteiger charge is 2.27. The van der Waals surface area contributed by atoms with E-state index in [4.69, 9.17) is 9.72 Å². The van der Waals surface area contributed by atoms with Crippen molar-refractivity contribution >= 4 is 22.8 Å². The van der Waals surface area contributed by atoms with Crippen molar-refractivity contribution in [2.75, 3.05) is 25.0 Å². The molecule has 0 bridgehead atoms. The maximum atomic E-state index is 12.5. The van der Waals surface area contributed by atoms with E-state index in [9.17, 15) is 4.79 Å². The number of amides is 1. The fourth-order valence-electron chi connectivity index (χ4n) is 4.40. The number of fused-ring (bicyclic) bond motifs is 1. The van der Waals surface area contributed by atoms with Crippen LogP contribution in [0.2, 0.25) is 0 Å². The first kappa shape index (κ1) is 19.0. The van der Waals surface area contributed by atoms with Gasteiger partial charge in [0.05, 0.1) is 24.5 Å². The van der Waals surface area contributed by atoms with Crippen LogP contribution in [0, 0.1) is 0 Å². The highest BCUT2D eigenvalue weighted by Crippen LogP contribution is 2.30. The number of likely N-dealkylation sites (tertiary alicyclic amines) is 1. The molecule has 0 aliphatic carbocycles. The van der Waals surface area contributed by atoms with Gasteiger partial charge in [0.25, 0.3) is 0 Å². The second kappa shape index (κ2) is 8.43. The lowest BCUT2D eigenvalue weighted by atomic mass is 9.92. The van der Waals surface area contributed by atoms with Gasteiger partial charge in [-0.05, 0) is 37.8 Å². The van der Waals surface area contributed by atoms with Gasteiger partial charge in [-0.15, -0.1) is 0 Å². The normalized spacial score (nSPS) is 20.1. The predicted octanol–water partition coefficient (Wildman–Crippen LogP) is 2.57. The fourth-order valence-corrected chi connectivity index (χ4v) is 4.40. The zero-order valence-corrected chi connectivity index (χ0v) is 16.9. The molecule has 1 amide bonds. The number of ether oxygens (including phenoxy) is 1. The van der Waals surface area contributed by atoms with E-state index in [0.29, 0.717) is 18.9 Å². The lowest BCUT2D eigenvalue weighted by Crippen LogP contribution is -2.39. The number of hydrogen-bond acceptors (Lipinski definition) is 6. The van der Waals surface area contributed by atoms with Crippen LogP contribution in [0.15, 0.2) is 24.5 Å². The van der Waals surface area contributed by atoms with Gasteiger partial charge in [-0.3, -0.25) is 9.89 Å². The molecule has 2 aliphatic rings. The number of rotatable bonds is 6. The van der Waals surface area contributed by atoms with Crippen LogP contribution in [0.1, 0.15) is 49.5 Å². The van der Waals surface area contributed by atoms with Crippen LogP contribution in [-0.4, -0.2) is 61.8 Å². The number of hydrogen-bond donors (Lipinski definition) is 3. The minimum Gasteiger partial charge on any atom is -0.378 e. The summed E-state index contributed by atoms with van der Waals surface area (Å²) in [6, 6.07) is 4.16. The number of aromatic amines is 2. The number of H-pyrrole nitrogens is 2. The molecule has 0 spiro atoms. The molecule has 0 radical (unpaired) electrons. The zero-order valence-electron chi connectivity index (χ0n) is 16.9. The average molecular weight is 409 g/mol.